The number of hydrogen-bond acceptors (Lipinski definition) is 14. The van der Waals surface area contributed by atoms with E-state index in [1.807, 2.05) is 51.1 Å². The first-order chi connectivity index (χ1) is 31.4. The number of para-hydroxylation sites is 1. The SMILES string of the molecule is CCC1/C=C(\C)CC(C)CC(OC)C2OC(O)(C(=O)C(=O)N3CCCCC3C(=O)OC(/C(C)=C/C3CCC(OC(=O)NNc4ccccc4)C(OC)C3)C(C)C(O)CC1=O)C(C)CC2OC. The highest BCUT2D eigenvalue weighted by Gasteiger charge is 2.56. The molecule has 2 saturated heterocycles. The van der Waals surface area contributed by atoms with Gasteiger partial charge < -0.3 is 43.5 Å². The van der Waals surface area contributed by atoms with E-state index in [1.54, 1.807) is 40.0 Å². The molecule has 66 heavy (non-hydrogen) atoms. The third-order valence-electron chi connectivity index (χ3n) is 14.2. The van der Waals surface area contributed by atoms with Crippen molar-refractivity contribution in [2.45, 2.75) is 167 Å². The van der Waals surface area contributed by atoms with Crippen LogP contribution in [-0.2, 0) is 47.6 Å². The quantitative estimate of drug-likeness (QED) is 0.0937. The Bertz CT molecular complexity index is 1880. The molecule has 4 N–H and O–H groups in total. The van der Waals surface area contributed by atoms with E-state index in [0.717, 1.165) is 5.57 Å². The maximum absolute atomic E-state index is 14.5. The number of Topliss-reactive ketones (excluding diaryl/α,β-unsaturated/α-hetero) is 2. The highest BCUT2D eigenvalue weighted by molar-refractivity contribution is 6.39. The number of esters is 1. The molecule has 16 nitrogen and oxygen atoms in total. The Hall–Kier alpha value is -4.19. The molecule has 14 atom stereocenters. The van der Waals surface area contributed by atoms with Crippen LogP contribution in [0.4, 0.5) is 10.5 Å². The van der Waals surface area contributed by atoms with E-state index in [4.69, 9.17) is 28.4 Å². The van der Waals surface area contributed by atoms with Gasteiger partial charge in [0.15, 0.2) is 0 Å². The number of fused-ring (bicyclic) bond motifs is 3. The van der Waals surface area contributed by atoms with Crippen LogP contribution in [0.1, 0.15) is 112 Å². The standard InChI is InChI=1S/C50H75N3O13/c1-10-35-23-29(2)22-30(3)24-42(62-8)45-43(63-9)26-32(5)50(60,66-45)46(56)47(57)53-21-15-14-18-37(53)48(58)65-44(33(6)38(54)28-39(35)55)31(4)25-34-19-20-40(41(27-34)61-7)64-49(59)52-51-36-16-12-11-13-17-36/h11-13,16-17,23,25,30,32-35,37-38,40-45,51,54,60H,10,14-15,18-22,24,26-28H2,1-9H3,(H,52,59)/b29-23+,31-25+. The number of ketones is 2. The lowest BCUT2D eigenvalue weighted by Gasteiger charge is -2.47. The number of piperidine rings is 1. The first-order valence-corrected chi connectivity index (χ1v) is 23.8. The van der Waals surface area contributed by atoms with E-state index < -0.39 is 96.1 Å². The molecule has 0 aromatic heterocycles. The number of aliphatic hydroxyl groups is 2. The van der Waals surface area contributed by atoms with Crippen LogP contribution in [-0.4, -0.2) is 127 Å². The monoisotopic (exact) mass is 926 g/mol. The number of aliphatic hydroxyl groups excluding tert-OH is 1. The van der Waals surface area contributed by atoms with Crippen molar-refractivity contribution in [3.63, 3.8) is 0 Å². The van der Waals surface area contributed by atoms with E-state index >= 15 is 0 Å². The summed E-state index contributed by atoms with van der Waals surface area (Å²) in [5.74, 6) is -7.85. The summed E-state index contributed by atoms with van der Waals surface area (Å²) in [7, 11) is 4.61. The second-order valence-corrected chi connectivity index (χ2v) is 19.1. The summed E-state index contributed by atoms with van der Waals surface area (Å²) in [4.78, 5) is 71.1. The van der Waals surface area contributed by atoms with Crippen LogP contribution in [0.5, 0.6) is 0 Å². The van der Waals surface area contributed by atoms with Crippen molar-refractivity contribution in [3.8, 4) is 0 Å². The normalized spacial score (nSPS) is 36.8. The van der Waals surface area contributed by atoms with Gasteiger partial charge in [0, 0.05) is 52.0 Å². The molecule has 2 amide bonds. The van der Waals surface area contributed by atoms with Crippen LogP contribution in [0.2, 0.25) is 0 Å². The van der Waals surface area contributed by atoms with Crippen molar-refractivity contribution in [2.75, 3.05) is 33.3 Å². The second-order valence-electron chi connectivity index (χ2n) is 19.1. The summed E-state index contributed by atoms with van der Waals surface area (Å²) >= 11 is 0. The van der Waals surface area contributed by atoms with Crippen LogP contribution in [0.3, 0.4) is 0 Å². The van der Waals surface area contributed by atoms with Crippen LogP contribution >= 0.6 is 0 Å². The van der Waals surface area contributed by atoms with Crippen molar-refractivity contribution in [2.24, 2.45) is 29.6 Å². The van der Waals surface area contributed by atoms with Crippen LogP contribution in [0.15, 0.2) is 53.6 Å². The van der Waals surface area contributed by atoms with E-state index in [0.29, 0.717) is 62.6 Å². The lowest BCUT2D eigenvalue weighted by Crippen LogP contribution is -2.64. The Morgan fingerprint density at radius 1 is 0.909 bits per heavy atom. The zero-order chi connectivity index (χ0) is 48.3. The van der Waals surface area contributed by atoms with Crippen molar-refractivity contribution in [1.29, 1.82) is 0 Å². The van der Waals surface area contributed by atoms with Gasteiger partial charge in [0.05, 0.1) is 30.1 Å². The predicted molar refractivity (Wildman–Crippen MR) is 246 cm³/mol. The Balaban J connectivity index is 1.44. The van der Waals surface area contributed by atoms with E-state index in [-0.39, 0.29) is 43.4 Å². The molecular weight excluding hydrogens is 851 g/mol. The van der Waals surface area contributed by atoms with Gasteiger partial charge in [0.2, 0.25) is 5.79 Å². The van der Waals surface area contributed by atoms with Crippen molar-refractivity contribution < 1.29 is 62.6 Å². The molecular formula is C50H75N3O13. The number of carbonyl (C=O) groups excluding carboxylic acids is 5. The van der Waals surface area contributed by atoms with Gasteiger partial charge in [-0.15, -0.1) is 0 Å². The zero-order valence-corrected chi connectivity index (χ0v) is 40.4. The van der Waals surface area contributed by atoms with Crippen molar-refractivity contribution in [3.05, 3.63) is 53.6 Å². The topological polar surface area (TPSA) is 208 Å². The molecule has 14 unspecified atom stereocenters. The lowest BCUT2D eigenvalue weighted by molar-refractivity contribution is -0.302. The summed E-state index contributed by atoms with van der Waals surface area (Å²) in [5, 5.41) is 23.9. The van der Waals surface area contributed by atoms with Crippen LogP contribution in [0.25, 0.3) is 0 Å². The summed E-state index contributed by atoms with van der Waals surface area (Å²) in [6.45, 7) is 11.2. The number of hydrazine groups is 1. The van der Waals surface area contributed by atoms with Crippen LogP contribution < -0.4 is 10.9 Å². The number of ether oxygens (including phenoxy) is 6. The number of hydrogen-bond donors (Lipinski definition) is 4. The number of allylic oxidation sites excluding steroid dienone is 3. The molecule has 1 saturated carbocycles. The smallest absolute Gasteiger partial charge is 0.426 e. The summed E-state index contributed by atoms with van der Waals surface area (Å²) in [6, 6.07) is 7.97. The molecule has 3 aliphatic heterocycles. The number of rotatable bonds is 9. The van der Waals surface area contributed by atoms with Gasteiger partial charge in [-0.1, -0.05) is 63.6 Å². The number of carbonyl (C=O) groups is 5. The molecule has 16 heteroatoms. The Morgan fingerprint density at radius 3 is 2.26 bits per heavy atom. The first kappa shape index (κ1) is 52.8. The minimum Gasteiger partial charge on any atom is -0.456 e. The number of benzene rings is 1. The maximum atomic E-state index is 14.5. The average Bonchev–Trinajstić information content (AvgIpc) is 3.31. The van der Waals surface area contributed by atoms with Crippen molar-refractivity contribution >= 4 is 35.2 Å². The number of methoxy groups -OCH3 is 3. The molecule has 0 spiro atoms. The molecule has 0 radical (unpaired) electrons. The lowest BCUT2D eigenvalue weighted by atomic mass is 9.81. The molecule has 368 valence electrons. The van der Waals surface area contributed by atoms with Gasteiger partial charge in [-0.2, -0.15) is 0 Å². The molecule has 2 bridgehead atoms. The summed E-state index contributed by atoms with van der Waals surface area (Å²) in [5.41, 5.74) is 7.68. The zero-order valence-electron chi connectivity index (χ0n) is 40.4. The molecule has 5 rings (SSSR count). The van der Waals surface area contributed by atoms with Gasteiger partial charge in [-0.05, 0) is 108 Å². The van der Waals surface area contributed by atoms with Gasteiger partial charge in [-0.3, -0.25) is 19.8 Å². The third kappa shape index (κ3) is 13.1. The van der Waals surface area contributed by atoms with Crippen LogP contribution in [0, 0.1) is 29.6 Å². The fourth-order valence-electron chi connectivity index (χ4n) is 10.3. The molecule has 4 aliphatic rings. The predicted octanol–water partition coefficient (Wildman–Crippen LogP) is 6.23. The highest BCUT2D eigenvalue weighted by Crippen LogP contribution is 2.39. The minimum atomic E-state index is -2.53. The fourth-order valence-corrected chi connectivity index (χ4v) is 10.3. The maximum Gasteiger partial charge on any atom is 0.426 e. The van der Waals surface area contributed by atoms with Crippen molar-refractivity contribution in [1.82, 2.24) is 10.3 Å². The van der Waals surface area contributed by atoms with E-state index in [2.05, 4.69) is 10.9 Å². The number of nitrogens with one attached hydrogen (secondary N) is 2. The minimum absolute atomic E-state index is 0.0145. The van der Waals surface area contributed by atoms with E-state index in [1.165, 1.54) is 19.1 Å². The molecule has 1 aromatic rings. The summed E-state index contributed by atoms with van der Waals surface area (Å²) < 4.78 is 35.9. The number of nitrogens with zero attached hydrogens (tertiary/aromatic N) is 1. The molecule has 3 heterocycles. The van der Waals surface area contributed by atoms with Gasteiger partial charge >= 0.3 is 12.1 Å². The van der Waals surface area contributed by atoms with Gasteiger partial charge in [-0.25, -0.2) is 15.0 Å². The average molecular weight is 926 g/mol. The largest absolute Gasteiger partial charge is 0.456 e. The number of amides is 2. The Kier molecular flexibility index (Phi) is 19.4. The second kappa shape index (κ2) is 24.2. The molecule has 3 fully saturated rings. The Labute approximate surface area is 390 Å². The summed E-state index contributed by atoms with van der Waals surface area (Å²) in [6.07, 6.45) is 2.42. The first-order valence-electron chi connectivity index (χ1n) is 23.8. The Morgan fingerprint density at radius 2 is 1.59 bits per heavy atom. The highest BCUT2D eigenvalue weighted by atomic mass is 16.7. The van der Waals surface area contributed by atoms with E-state index in [9.17, 15) is 34.2 Å². The molecule has 1 aromatic carbocycles. The van der Waals surface area contributed by atoms with Gasteiger partial charge in [0.1, 0.15) is 30.1 Å². The van der Waals surface area contributed by atoms with Gasteiger partial charge in [0.25, 0.3) is 11.7 Å². The number of cyclic esters (lactones) is 1. The molecule has 1 aliphatic carbocycles. The number of anilines is 1. The fraction of sp³-hybridized carbons (Fsp3) is 0.700. The third-order valence-corrected chi connectivity index (χ3v) is 14.2.